The molecular weight excluding hydrogens is 328 g/mol. The van der Waals surface area contributed by atoms with Crippen LogP contribution in [0, 0.1) is 10.1 Å². The molecule has 24 heavy (non-hydrogen) atoms. The number of anilines is 1. The van der Waals surface area contributed by atoms with Crippen LogP contribution in [0.1, 0.15) is 28.0 Å². The van der Waals surface area contributed by atoms with E-state index in [1.165, 1.54) is 12.1 Å². The molecule has 0 fully saturated rings. The Morgan fingerprint density at radius 2 is 2.17 bits per heavy atom. The van der Waals surface area contributed by atoms with E-state index in [2.05, 4.69) is 17.2 Å². The first kappa shape index (κ1) is 17.9. The summed E-state index contributed by atoms with van der Waals surface area (Å²) < 4.78 is 0. The van der Waals surface area contributed by atoms with E-state index in [-0.39, 0.29) is 11.6 Å². The van der Waals surface area contributed by atoms with Gasteiger partial charge in [0.25, 0.3) is 11.6 Å². The van der Waals surface area contributed by atoms with Crippen molar-refractivity contribution in [1.82, 2.24) is 10.3 Å². The Morgan fingerprint density at radius 1 is 1.42 bits per heavy atom. The molecule has 0 unspecified atom stereocenters. The van der Waals surface area contributed by atoms with Gasteiger partial charge < -0.3 is 10.2 Å². The van der Waals surface area contributed by atoms with Crippen molar-refractivity contribution in [1.29, 1.82) is 0 Å². The summed E-state index contributed by atoms with van der Waals surface area (Å²) in [6, 6.07) is 4.29. The molecule has 0 aliphatic heterocycles. The number of thiazole rings is 1. The minimum Gasteiger partial charge on any atom is -0.377 e. The van der Waals surface area contributed by atoms with E-state index in [1.807, 2.05) is 5.38 Å². The van der Waals surface area contributed by atoms with Crippen LogP contribution < -0.4 is 10.2 Å². The second-order valence-electron chi connectivity index (χ2n) is 5.45. The molecule has 1 heterocycles. The van der Waals surface area contributed by atoms with Gasteiger partial charge in [0.2, 0.25) is 0 Å². The van der Waals surface area contributed by atoms with Crippen LogP contribution in [-0.4, -0.2) is 36.5 Å². The fourth-order valence-electron chi connectivity index (χ4n) is 2.23. The van der Waals surface area contributed by atoms with E-state index in [0.717, 1.165) is 17.1 Å². The molecule has 0 bridgehead atoms. The van der Waals surface area contributed by atoms with Crippen LogP contribution in [0.3, 0.4) is 0 Å². The standard InChI is InChI=1S/C16H20N4O3S/c1-4-15-18-11(10-24-15)7-8-17-16(21)13-9-12(20(22)23)5-6-14(13)19(2)3/h5-6,9-10H,4,7-8H2,1-3H3,(H,17,21). The van der Waals surface area contributed by atoms with Gasteiger partial charge in [0, 0.05) is 50.3 Å². The van der Waals surface area contributed by atoms with E-state index in [1.54, 1.807) is 36.4 Å². The second kappa shape index (κ2) is 7.87. The summed E-state index contributed by atoms with van der Waals surface area (Å²) in [5, 5.41) is 16.8. The lowest BCUT2D eigenvalue weighted by Crippen LogP contribution is -2.27. The highest BCUT2D eigenvalue weighted by atomic mass is 32.1. The predicted octanol–water partition coefficient (Wildman–Crippen LogP) is 2.65. The molecular formula is C16H20N4O3S. The van der Waals surface area contributed by atoms with Crippen molar-refractivity contribution in [3.63, 3.8) is 0 Å². The summed E-state index contributed by atoms with van der Waals surface area (Å²) in [5.74, 6) is -0.326. The predicted molar refractivity (Wildman–Crippen MR) is 95.0 cm³/mol. The van der Waals surface area contributed by atoms with E-state index in [9.17, 15) is 14.9 Å². The Kier molecular flexibility index (Phi) is 5.86. The maximum absolute atomic E-state index is 12.4. The van der Waals surface area contributed by atoms with Gasteiger partial charge in [-0.2, -0.15) is 0 Å². The van der Waals surface area contributed by atoms with Crippen molar-refractivity contribution in [3.05, 3.63) is 50.0 Å². The molecule has 1 aromatic carbocycles. The first-order chi connectivity index (χ1) is 11.4. The lowest BCUT2D eigenvalue weighted by atomic mass is 10.1. The molecule has 1 amide bonds. The number of carbonyl (C=O) groups is 1. The molecule has 1 N–H and O–H groups in total. The van der Waals surface area contributed by atoms with Crippen molar-refractivity contribution in [2.24, 2.45) is 0 Å². The summed E-state index contributed by atoms with van der Waals surface area (Å²) in [7, 11) is 3.58. The van der Waals surface area contributed by atoms with E-state index < -0.39 is 4.92 Å². The lowest BCUT2D eigenvalue weighted by molar-refractivity contribution is -0.384. The van der Waals surface area contributed by atoms with Gasteiger partial charge in [-0.1, -0.05) is 6.92 Å². The minimum absolute atomic E-state index is 0.0992. The van der Waals surface area contributed by atoms with Gasteiger partial charge in [-0.05, 0) is 12.5 Å². The third kappa shape index (κ3) is 4.29. The Morgan fingerprint density at radius 3 is 2.75 bits per heavy atom. The third-order valence-corrected chi connectivity index (χ3v) is 4.53. The van der Waals surface area contributed by atoms with Gasteiger partial charge >= 0.3 is 0 Å². The monoisotopic (exact) mass is 348 g/mol. The van der Waals surface area contributed by atoms with Crippen LogP contribution in [0.5, 0.6) is 0 Å². The molecule has 0 aliphatic carbocycles. The Balaban J connectivity index is 2.07. The number of amides is 1. The number of benzene rings is 1. The normalized spacial score (nSPS) is 10.5. The van der Waals surface area contributed by atoms with Crippen LogP contribution in [-0.2, 0) is 12.8 Å². The van der Waals surface area contributed by atoms with Gasteiger partial charge in [-0.25, -0.2) is 4.98 Å². The summed E-state index contributed by atoms with van der Waals surface area (Å²) in [6.07, 6.45) is 1.53. The van der Waals surface area contributed by atoms with Gasteiger partial charge in [-0.3, -0.25) is 14.9 Å². The number of aryl methyl sites for hydroxylation is 1. The maximum atomic E-state index is 12.4. The van der Waals surface area contributed by atoms with Gasteiger partial charge in [-0.15, -0.1) is 11.3 Å². The minimum atomic E-state index is -0.502. The number of carbonyl (C=O) groups excluding carboxylic acids is 1. The van der Waals surface area contributed by atoms with Crippen molar-refractivity contribution in [3.8, 4) is 0 Å². The molecule has 0 aliphatic rings. The highest BCUT2D eigenvalue weighted by Gasteiger charge is 2.17. The van der Waals surface area contributed by atoms with Crippen molar-refractivity contribution < 1.29 is 9.72 Å². The molecule has 2 aromatic rings. The quantitative estimate of drug-likeness (QED) is 0.614. The molecule has 8 heteroatoms. The second-order valence-corrected chi connectivity index (χ2v) is 6.39. The Hall–Kier alpha value is -2.48. The number of hydrogen-bond acceptors (Lipinski definition) is 6. The molecule has 1 aromatic heterocycles. The van der Waals surface area contributed by atoms with Crippen LogP contribution in [0.4, 0.5) is 11.4 Å². The summed E-state index contributed by atoms with van der Waals surface area (Å²) >= 11 is 1.61. The highest BCUT2D eigenvalue weighted by molar-refractivity contribution is 7.09. The van der Waals surface area contributed by atoms with Gasteiger partial charge in [0.05, 0.1) is 21.2 Å². The Bertz CT molecular complexity index is 743. The molecule has 0 saturated carbocycles. The number of non-ortho nitro benzene ring substituents is 1. The average Bonchev–Trinajstić information content (AvgIpc) is 3.02. The van der Waals surface area contributed by atoms with Crippen LogP contribution in [0.25, 0.3) is 0 Å². The number of rotatable bonds is 7. The molecule has 0 radical (unpaired) electrons. The number of hydrogen-bond donors (Lipinski definition) is 1. The molecule has 2 rings (SSSR count). The van der Waals surface area contributed by atoms with E-state index >= 15 is 0 Å². The largest absolute Gasteiger partial charge is 0.377 e. The summed E-state index contributed by atoms with van der Waals surface area (Å²) in [5.41, 5.74) is 1.78. The Labute approximate surface area is 144 Å². The zero-order valence-corrected chi connectivity index (χ0v) is 14.7. The van der Waals surface area contributed by atoms with Crippen LogP contribution >= 0.6 is 11.3 Å². The van der Waals surface area contributed by atoms with Crippen LogP contribution in [0.2, 0.25) is 0 Å². The maximum Gasteiger partial charge on any atom is 0.270 e. The average molecular weight is 348 g/mol. The number of nitro groups is 1. The summed E-state index contributed by atoms with van der Waals surface area (Å²) in [4.78, 5) is 29.1. The van der Waals surface area contributed by atoms with Gasteiger partial charge in [0.15, 0.2) is 0 Å². The SMILES string of the molecule is CCc1nc(CCNC(=O)c2cc([N+](=O)[O-])ccc2N(C)C)cs1. The first-order valence-corrected chi connectivity index (χ1v) is 8.47. The van der Waals surface area contributed by atoms with E-state index in [0.29, 0.717) is 24.2 Å². The number of nitro benzene ring substituents is 1. The first-order valence-electron chi connectivity index (χ1n) is 7.59. The van der Waals surface area contributed by atoms with E-state index in [4.69, 9.17) is 0 Å². The molecule has 7 nitrogen and oxygen atoms in total. The zero-order chi connectivity index (χ0) is 17.7. The lowest BCUT2D eigenvalue weighted by Gasteiger charge is -2.16. The van der Waals surface area contributed by atoms with Gasteiger partial charge in [0.1, 0.15) is 0 Å². The number of nitrogens with zero attached hydrogens (tertiary/aromatic N) is 3. The smallest absolute Gasteiger partial charge is 0.270 e. The molecule has 128 valence electrons. The summed E-state index contributed by atoms with van der Waals surface area (Å²) in [6.45, 7) is 2.48. The van der Waals surface area contributed by atoms with Crippen molar-refractivity contribution in [2.45, 2.75) is 19.8 Å². The van der Waals surface area contributed by atoms with Crippen molar-refractivity contribution in [2.75, 3.05) is 25.5 Å². The van der Waals surface area contributed by atoms with Crippen molar-refractivity contribution >= 4 is 28.6 Å². The molecule has 0 atom stereocenters. The highest BCUT2D eigenvalue weighted by Crippen LogP contribution is 2.24. The molecule has 0 spiro atoms. The molecule has 0 saturated heterocycles. The number of aromatic nitrogens is 1. The third-order valence-electron chi connectivity index (χ3n) is 3.49. The fraction of sp³-hybridized carbons (Fsp3) is 0.375. The zero-order valence-electron chi connectivity index (χ0n) is 13.9. The number of nitrogens with one attached hydrogen (secondary N) is 1. The topological polar surface area (TPSA) is 88.4 Å². The fourth-order valence-corrected chi connectivity index (χ4v) is 3.01. The van der Waals surface area contributed by atoms with Crippen LogP contribution in [0.15, 0.2) is 23.6 Å².